The zero-order valence-corrected chi connectivity index (χ0v) is 15.6. The molecule has 1 rings (SSSR count). The van der Waals surface area contributed by atoms with Crippen LogP contribution in [0.2, 0.25) is 0 Å². The van der Waals surface area contributed by atoms with Crippen LogP contribution in [0.4, 0.5) is 0 Å². The number of nitrogens with zero attached hydrogens (tertiary/aromatic N) is 1. The molecule has 4 nitrogen and oxygen atoms in total. The summed E-state index contributed by atoms with van der Waals surface area (Å²) in [5.41, 5.74) is 1.06. The topological polar surface area (TPSA) is 49.4 Å². The van der Waals surface area contributed by atoms with E-state index < -0.39 is 10.0 Å². The normalized spacial score (nSPS) is 12.3. The molecular weight excluding hydrogens is 352 g/mol. The summed E-state index contributed by atoms with van der Waals surface area (Å²) in [5.74, 6) is 0.480. The van der Waals surface area contributed by atoms with Crippen molar-refractivity contribution in [3.63, 3.8) is 0 Å². The van der Waals surface area contributed by atoms with Gasteiger partial charge in [-0.15, -0.1) is 0 Å². The lowest BCUT2D eigenvalue weighted by molar-refractivity contribution is 0.428. The van der Waals surface area contributed by atoms with E-state index in [2.05, 4.69) is 35.1 Å². The fraction of sp³-hybridized carbons (Fsp3) is 0.600. The highest BCUT2D eigenvalue weighted by Crippen LogP contribution is 2.26. The van der Waals surface area contributed by atoms with Crippen molar-refractivity contribution in [2.45, 2.75) is 38.6 Å². The van der Waals surface area contributed by atoms with Gasteiger partial charge in [0.05, 0.1) is 4.90 Å². The number of hydrogen-bond acceptors (Lipinski definition) is 3. The van der Waals surface area contributed by atoms with Gasteiger partial charge in [0, 0.05) is 24.6 Å². The van der Waals surface area contributed by atoms with Crippen molar-refractivity contribution >= 4 is 26.0 Å². The van der Waals surface area contributed by atoms with Gasteiger partial charge < -0.3 is 5.32 Å². The molecule has 0 aliphatic heterocycles. The molecule has 0 radical (unpaired) electrons. The highest BCUT2D eigenvalue weighted by atomic mass is 79.9. The highest BCUT2D eigenvalue weighted by molar-refractivity contribution is 9.10. The largest absolute Gasteiger partial charge is 0.313 e. The molecular formula is C15H25BrN2O2S. The van der Waals surface area contributed by atoms with E-state index in [-0.39, 0.29) is 0 Å². The molecule has 0 amide bonds. The van der Waals surface area contributed by atoms with Crippen molar-refractivity contribution in [2.24, 2.45) is 5.92 Å². The predicted molar refractivity (Wildman–Crippen MR) is 90.8 cm³/mol. The standard InChI is InChI=1S/C15H25BrN2O2S/c1-5-17-11-13-6-7-15(14(16)10-13)21(19,20)18(4)9-8-12(2)3/h6-7,10,12,17H,5,8-9,11H2,1-4H3. The van der Waals surface area contributed by atoms with Crippen molar-refractivity contribution in [1.29, 1.82) is 0 Å². The van der Waals surface area contributed by atoms with Crippen LogP contribution in [0, 0.1) is 5.92 Å². The van der Waals surface area contributed by atoms with Crippen molar-refractivity contribution in [1.82, 2.24) is 9.62 Å². The lowest BCUT2D eigenvalue weighted by atomic mass is 10.1. The lowest BCUT2D eigenvalue weighted by Crippen LogP contribution is -2.29. The Kier molecular flexibility index (Phi) is 7.33. The molecule has 0 unspecified atom stereocenters. The molecule has 0 fully saturated rings. The van der Waals surface area contributed by atoms with E-state index in [0.717, 1.165) is 25.1 Å². The average Bonchev–Trinajstić information content (AvgIpc) is 2.42. The van der Waals surface area contributed by atoms with Crippen molar-refractivity contribution in [3.8, 4) is 0 Å². The summed E-state index contributed by atoms with van der Waals surface area (Å²) < 4.78 is 27.2. The molecule has 0 atom stereocenters. The van der Waals surface area contributed by atoms with Gasteiger partial charge in [0.2, 0.25) is 10.0 Å². The SMILES string of the molecule is CCNCc1ccc(S(=O)(=O)N(C)CCC(C)C)c(Br)c1. The zero-order chi connectivity index (χ0) is 16.0. The van der Waals surface area contributed by atoms with E-state index in [1.54, 1.807) is 13.1 Å². The van der Waals surface area contributed by atoms with Gasteiger partial charge in [-0.3, -0.25) is 0 Å². The third kappa shape index (κ3) is 5.36. The van der Waals surface area contributed by atoms with Crippen LogP contribution in [0.3, 0.4) is 0 Å². The fourth-order valence-corrected chi connectivity index (χ4v) is 4.13. The molecule has 1 aromatic rings. The van der Waals surface area contributed by atoms with Crippen molar-refractivity contribution in [2.75, 3.05) is 20.1 Å². The Morgan fingerprint density at radius 1 is 1.33 bits per heavy atom. The molecule has 0 aromatic heterocycles. The summed E-state index contributed by atoms with van der Waals surface area (Å²) >= 11 is 3.39. The van der Waals surface area contributed by atoms with Gasteiger partial charge in [-0.25, -0.2) is 12.7 Å². The molecule has 0 saturated carbocycles. The fourth-order valence-electron chi connectivity index (χ4n) is 1.86. The second-order valence-corrected chi connectivity index (χ2v) is 8.42. The Morgan fingerprint density at radius 2 is 2.00 bits per heavy atom. The quantitative estimate of drug-likeness (QED) is 0.757. The molecule has 120 valence electrons. The number of sulfonamides is 1. The molecule has 0 bridgehead atoms. The molecule has 0 spiro atoms. The summed E-state index contributed by atoms with van der Waals surface area (Å²) in [6.07, 6.45) is 0.853. The third-order valence-electron chi connectivity index (χ3n) is 3.28. The third-order valence-corrected chi connectivity index (χ3v) is 6.12. The van der Waals surface area contributed by atoms with Crippen LogP contribution in [0.15, 0.2) is 27.6 Å². The molecule has 1 N–H and O–H groups in total. The molecule has 0 saturated heterocycles. The van der Waals surface area contributed by atoms with Crippen LogP contribution in [-0.2, 0) is 16.6 Å². The first kappa shape index (κ1) is 18.6. The Balaban J connectivity index is 2.92. The van der Waals surface area contributed by atoms with Crippen molar-refractivity contribution < 1.29 is 8.42 Å². The van der Waals surface area contributed by atoms with Crippen LogP contribution < -0.4 is 5.32 Å². The van der Waals surface area contributed by atoms with E-state index in [9.17, 15) is 8.42 Å². The van der Waals surface area contributed by atoms with Gasteiger partial charge in [-0.1, -0.05) is 26.8 Å². The van der Waals surface area contributed by atoms with E-state index in [1.165, 1.54) is 4.31 Å². The second kappa shape index (κ2) is 8.27. The molecule has 0 aliphatic carbocycles. The Labute approximate surface area is 137 Å². The van der Waals surface area contributed by atoms with E-state index in [1.807, 2.05) is 19.1 Å². The van der Waals surface area contributed by atoms with Gasteiger partial charge >= 0.3 is 0 Å². The summed E-state index contributed by atoms with van der Waals surface area (Å²) in [5, 5.41) is 3.22. The zero-order valence-electron chi connectivity index (χ0n) is 13.2. The van der Waals surface area contributed by atoms with Crippen LogP contribution in [0.25, 0.3) is 0 Å². The predicted octanol–water partition coefficient (Wildman–Crippen LogP) is 3.23. The Hall–Kier alpha value is -0.430. The summed E-state index contributed by atoms with van der Waals surface area (Å²) in [7, 11) is -1.80. The number of rotatable bonds is 8. The Bertz CT molecular complexity index is 559. The maximum atomic E-state index is 12.6. The van der Waals surface area contributed by atoms with Gasteiger partial charge in [0.15, 0.2) is 0 Å². The number of nitrogens with one attached hydrogen (secondary N) is 1. The monoisotopic (exact) mass is 376 g/mol. The summed E-state index contributed by atoms with van der Waals surface area (Å²) in [4.78, 5) is 0.328. The minimum absolute atomic E-state index is 0.328. The van der Waals surface area contributed by atoms with Gasteiger partial charge in [-0.05, 0) is 52.5 Å². The van der Waals surface area contributed by atoms with Gasteiger partial charge in [-0.2, -0.15) is 0 Å². The molecule has 1 aromatic carbocycles. The van der Waals surface area contributed by atoms with E-state index in [0.29, 0.717) is 21.8 Å². The lowest BCUT2D eigenvalue weighted by Gasteiger charge is -2.19. The first-order valence-electron chi connectivity index (χ1n) is 7.24. The number of hydrogen-bond donors (Lipinski definition) is 1. The number of halogens is 1. The molecule has 21 heavy (non-hydrogen) atoms. The van der Waals surface area contributed by atoms with Crippen LogP contribution in [-0.4, -0.2) is 32.9 Å². The summed E-state index contributed by atoms with van der Waals surface area (Å²) in [6.45, 7) is 8.37. The average molecular weight is 377 g/mol. The first-order chi connectivity index (χ1) is 9.78. The minimum Gasteiger partial charge on any atom is -0.313 e. The molecule has 6 heteroatoms. The van der Waals surface area contributed by atoms with Gasteiger partial charge in [0.1, 0.15) is 0 Å². The van der Waals surface area contributed by atoms with Gasteiger partial charge in [0.25, 0.3) is 0 Å². The maximum Gasteiger partial charge on any atom is 0.243 e. The number of benzene rings is 1. The van der Waals surface area contributed by atoms with Crippen LogP contribution in [0.5, 0.6) is 0 Å². The smallest absolute Gasteiger partial charge is 0.243 e. The van der Waals surface area contributed by atoms with E-state index >= 15 is 0 Å². The Morgan fingerprint density at radius 3 is 2.52 bits per heavy atom. The minimum atomic E-state index is -3.44. The summed E-state index contributed by atoms with van der Waals surface area (Å²) in [6, 6.07) is 5.40. The van der Waals surface area contributed by atoms with Crippen LogP contribution in [0.1, 0.15) is 32.8 Å². The maximum absolute atomic E-state index is 12.6. The van der Waals surface area contributed by atoms with Crippen molar-refractivity contribution in [3.05, 3.63) is 28.2 Å². The second-order valence-electron chi connectivity index (χ2n) is 5.55. The van der Waals surface area contributed by atoms with E-state index in [4.69, 9.17) is 0 Å². The first-order valence-corrected chi connectivity index (χ1v) is 9.47. The molecule has 0 aliphatic rings. The van der Waals surface area contributed by atoms with Crippen LogP contribution >= 0.6 is 15.9 Å². The highest BCUT2D eigenvalue weighted by Gasteiger charge is 2.23. The molecule has 0 heterocycles.